The number of urea groups is 1. The SMILES string of the molecule is Cc1c(NC(=O)N(C)CC(N)=O)cccc1C(=O)O. The molecule has 1 aromatic carbocycles. The van der Waals surface area contributed by atoms with Gasteiger partial charge in [0.1, 0.15) is 6.54 Å². The van der Waals surface area contributed by atoms with Crippen LogP contribution in [0.2, 0.25) is 0 Å². The van der Waals surface area contributed by atoms with E-state index in [1.54, 1.807) is 13.0 Å². The lowest BCUT2D eigenvalue weighted by Crippen LogP contribution is -2.38. The van der Waals surface area contributed by atoms with E-state index in [1.165, 1.54) is 19.2 Å². The molecule has 0 saturated carbocycles. The zero-order chi connectivity index (χ0) is 14.6. The van der Waals surface area contributed by atoms with Crippen LogP contribution in [0.5, 0.6) is 0 Å². The van der Waals surface area contributed by atoms with Gasteiger partial charge in [0.05, 0.1) is 5.56 Å². The molecular weight excluding hydrogens is 250 g/mol. The number of nitrogens with zero attached hydrogens (tertiary/aromatic N) is 1. The van der Waals surface area contributed by atoms with Gasteiger partial charge in [-0.15, -0.1) is 0 Å². The minimum absolute atomic E-state index is 0.107. The number of hydrogen-bond donors (Lipinski definition) is 3. The first-order valence-electron chi connectivity index (χ1n) is 5.46. The largest absolute Gasteiger partial charge is 0.478 e. The molecule has 0 atom stereocenters. The lowest BCUT2D eigenvalue weighted by Gasteiger charge is -2.17. The van der Waals surface area contributed by atoms with Crippen LogP contribution in [0.15, 0.2) is 18.2 Å². The number of hydrogen-bond acceptors (Lipinski definition) is 3. The van der Waals surface area contributed by atoms with Gasteiger partial charge in [0.2, 0.25) is 5.91 Å². The van der Waals surface area contributed by atoms with Crippen molar-refractivity contribution in [3.8, 4) is 0 Å². The number of carbonyl (C=O) groups excluding carboxylic acids is 2. The number of nitrogens with one attached hydrogen (secondary N) is 1. The molecule has 0 aliphatic rings. The van der Waals surface area contributed by atoms with E-state index in [0.29, 0.717) is 11.3 Å². The van der Waals surface area contributed by atoms with Gasteiger partial charge in [0, 0.05) is 12.7 Å². The number of carbonyl (C=O) groups is 3. The highest BCUT2D eigenvalue weighted by molar-refractivity contribution is 5.96. The van der Waals surface area contributed by atoms with E-state index < -0.39 is 17.9 Å². The van der Waals surface area contributed by atoms with Gasteiger partial charge in [-0.2, -0.15) is 0 Å². The van der Waals surface area contributed by atoms with E-state index in [2.05, 4.69) is 5.32 Å². The zero-order valence-corrected chi connectivity index (χ0v) is 10.6. The quantitative estimate of drug-likeness (QED) is 0.741. The summed E-state index contributed by atoms with van der Waals surface area (Å²) >= 11 is 0. The highest BCUT2D eigenvalue weighted by Gasteiger charge is 2.15. The summed E-state index contributed by atoms with van der Waals surface area (Å²) in [5.41, 5.74) is 5.90. The zero-order valence-electron chi connectivity index (χ0n) is 10.6. The fraction of sp³-hybridized carbons (Fsp3) is 0.250. The maximum Gasteiger partial charge on any atom is 0.336 e. The first-order chi connectivity index (χ1) is 8.82. The van der Waals surface area contributed by atoms with E-state index in [9.17, 15) is 14.4 Å². The van der Waals surface area contributed by atoms with Gasteiger partial charge in [-0.05, 0) is 24.6 Å². The van der Waals surface area contributed by atoms with Gasteiger partial charge in [-0.3, -0.25) is 4.79 Å². The smallest absolute Gasteiger partial charge is 0.336 e. The van der Waals surface area contributed by atoms with E-state index in [4.69, 9.17) is 10.8 Å². The molecule has 1 aromatic rings. The van der Waals surface area contributed by atoms with Gasteiger partial charge < -0.3 is 21.1 Å². The molecule has 0 radical (unpaired) electrons. The number of carboxylic acid groups (broad SMARTS) is 1. The van der Waals surface area contributed by atoms with Crippen molar-refractivity contribution in [2.75, 3.05) is 18.9 Å². The average Bonchev–Trinajstić information content (AvgIpc) is 2.30. The first-order valence-corrected chi connectivity index (χ1v) is 5.46. The summed E-state index contributed by atoms with van der Waals surface area (Å²) in [5, 5.41) is 11.5. The molecule has 0 heterocycles. The molecule has 3 amide bonds. The molecule has 4 N–H and O–H groups in total. The Morgan fingerprint density at radius 3 is 2.53 bits per heavy atom. The average molecular weight is 265 g/mol. The standard InChI is InChI=1S/C12H15N3O4/c1-7-8(11(17)18)4-3-5-9(7)14-12(19)15(2)6-10(13)16/h3-5H,6H2,1-2H3,(H2,13,16)(H,14,19)(H,17,18). The van der Waals surface area contributed by atoms with Gasteiger partial charge in [0.25, 0.3) is 0 Å². The van der Waals surface area contributed by atoms with Crippen molar-refractivity contribution in [3.63, 3.8) is 0 Å². The molecule has 0 bridgehead atoms. The fourth-order valence-corrected chi connectivity index (χ4v) is 1.52. The molecule has 0 saturated heterocycles. The highest BCUT2D eigenvalue weighted by atomic mass is 16.4. The molecule has 7 nitrogen and oxygen atoms in total. The van der Waals surface area contributed by atoms with E-state index in [0.717, 1.165) is 4.90 Å². The molecule has 0 aliphatic heterocycles. The third-order valence-corrected chi connectivity index (χ3v) is 2.55. The Kier molecular flexibility index (Phi) is 4.46. The number of primary amides is 1. The van der Waals surface area contributed by atoms with Crippen molar-refractivity contribution in [1.29, 1.82) is 0 Å². The van der Waals surface area contributed by atoms with Crippen molar-refractivity contribution in [2.45, 2.75) is 6.92 Å². The van der Waals surface area contributed by atoms with Crippen molar-refractivity contribution in [1.82, 2.24) is 4.90 Å². The number of benzene rings is 1. The van der Waals surface area contributed by atoms with Crippen LogP contribution in [-0.4, -0.2) is 41.5 Å². The van der Waals surface area contributed by atoms with Crippen LogP contribution in [0, 0.1) is 6.92 Å². The molecule has 0 unspecified atom stereocenters. The molecule has 7 heteroatoms. The van der Waals surface area contributed by atoms with E-state index in [1.807, 2.05) is 0 Å². The van der Waals surface area contributed by atoms with Crippen molar-refractivity contribution >= 4 is 23.6 Å². The van der Waals surface area contributed by atoms with Crippen LogP contribution < -0.4 is 11.1 Å². The van der Waals surface area contributed by atoms with Gasteiger partial charge in [0.15, 0.2) is 0 Å². The fourth-order valence-electron chi connectivity index (χ4n) is 1.52. The number of nitrogens with two attached hydrogens (primary N) is 1. The molecule has 19 heavy (non-hydrogen) atoms. The molecule has 0 aliphatic carbocycles. The Hall–Kier alpha value is -2.57. The Bertz CT molecular complexity index is 528. The summed E-state index contributed by atoms with van der Waals surface area (Å²) in [6, 6.07) is 4.02. The van der Waals surface area contributed by atoms with Crippen LogP contribution in [0.3, 0.4) is 0 Å². The summed E-state index contributed by atoms with van der Waals surface area (Å²) in [7, 11) is 1.41. The Balaban J connectivity index is 2.88. The number of likely N-dealkylation sites (N-methyl/N-ethyl adjacent to an activating group) is 1. The summed E-state index contributed by atoms with van der Waals surface area (Å²) < 4.78 is 0. The number of carboxylic acids is 1. The molecule has 0 fully saturated rings. The topological polar surface area (TPSA) is 113 Å². The van der Waals surface area contributed by atoms with Crippen LogP contribution in [0.4, 0.5) is 10.5 Å². The monoisotopic (exact) mass is 265 g/mol. The van der Waals surface area contributed by atoms with Crippen LogP contribution >= 0.6 is 0 Å². The van der Waals surface area contributed by atoms with Crippen LogP contribution in [0.1, 0.15) is 15.9 Å². The van der Waals surface area contributed by atoms with Gasteiger partial charge >= 0.3 is 12.0 Å². The summed E-state index contributed by atoms with van der Waals surface area (Å²) in [4.78, 5) is 34.5. The summed E-state index contributed by atoms with van der Waals surface area (Å²) in [6.45, 7) is 1.37. The van der Waals surface area contributed by atoms with Crippen molar-refractivity contribution in [2.24, 2.45) is 5.73 Å². The molecule has 0 aromatic heterocycles. The third-order valence-electron chi connectivity index (χ3n) is 2.55. The van der Waals surface area contributed by atoms with Crippen molar-refractivity contribution < 1.29 is 19.5 Å². The number of rotatable bonds is 4. The summed E-state index contributed by atoms with van der Waals surface area (Å²) in [5.74, 6) is -1.70. The Labute approximate surface area is 110 Å². The van der Waals surface area contributed by atoms with E-state index >= 15 is 0 Å². The molecular formula is C12H15N3O4. The third kappa shape index (κ3) is 3.70. The first kappa shape index (κ1) is 14.5. The normalized spacial score (nSPS) is 9.79. The molecule has 102 valence electrons. The molecule has 1 rings (SSSR count). The number of anilines is 1. The second kappa shape index (κ2) is 5.85. The van der Waals surface area contributed by atoms with Crippen molar-refractivity contribution in [3.05, 3.63) is 29.3 Å². The maximum atomic E-state index is 11.7. The predicted molar refractivity (Wildman–Crippen MR) is 69.0 cm³/mol. The van der Waals surface area contributed by atoms with Gasteiger partial charge in [-0.25, -0.2) is 9.59 Å². The van der Waals surface area contributed by atoms with Gasteiger partial charge in [-0.1, -0.05) is 6.07 Å². The second-order valence-corrected chi connectivity index (χ2v) is 4.04. The minimum Gasteiger partial charge on any atom is -0.478 e. The number of amides is 3. The number of aromatic carboxylic acids is 1. The predicted octanol–water partition coefficient (Wildman–Crippen LogP) is 0.642. The Morgan fingerprint density at radius 2 is 2.00 bits per heavy atom. The molecule has 0 spiro atoms. The lowest BCUT2D eigenvalue weighted by atomic mass is 10.1. The lowest BCUT2D eigenvalue weighted by molar-refractivity contribution is -0.118. The Morgan fingerprint density at radius 1 is 1.37 bits per heavy atom. The minimum atomic E-state index is -1.07. The summed E-state index contributed by atoms with van der Waals surface area (Å²) in [6.07, 6.45) is 0. The second-order valence-electron chi connectivity index (χ2n) is 4.04. The maximum absolute atomic E-state index is 11.7. The van der Waals surface area contributed by atoms with Crippen LogP contribution in [0.25, 0.3) is 0 Å². The van der Waals surface area contributed by atoms with E-state index in [-0.39, 0.29) is 12.1 Å². The van der Waals surface area contributed by atoms with Crippen LogP contribution in [-0.2, 0) is 4.79 Å². The highest BCUT2D eigenvalue weighted by Crippen LogP contribution is 2.19.